The van der Waals surface area contributed by atoms with Crippen LogP contribution in [0.5, 0.6) is 0 Å². The highest BCUT2D eigenvalue weighted by molar-refractivity contribution is 8.00. The molecule has 13 heavy (non-hydrogen) atoms. The van der Waals surface area contributed by atoms with Crippen molar-refractivity contribution in [3.8, 4) is 0 Å². The highest BCUT2D eigenvalue weighted by atomic mass is 32.2. The van der Waals surface area contributed by atoms with Crippen LogP contribution < -0.4 is 0 Å². The molecule has 4 heteroatoms. The Labute approximate surface area is 83.8 Å². The predicted molar refractivity (Wildman–Crippen MR) is 55.0 cm³/mol. The van der Waals surface area contributed by atoms with Crippen LogP contribution in [0, 0.1) is 0 Å². The van der Waals surface area contributed by atoms with E-state index in [4.69, 9.17) is 4.74 Å². The van der Waals surface area contributed by atoms with Crippen LogP contribution in [0.1, 0.15) is 13.3 Å². The van der Waals surface area contributed by atoms with Crippen LogP contribution in [0.25, 0.3) is 0 Å². The molecule has 0 aromatic heterocycles. The van der Waals surface area contributed by atoms with Crippen molar-refractivity contribution in [1.82, 2.24) is 4.90 Å². The van der Waals surface area contributed by atoms with Gasteiger partial charge in [0.2, 0.25) is 5.91 Å². The van der Waals surface area contributed by atoms with E-state index in [0.717, 1.165) is 13.0 Å². The molecule has 0 aromatic rings. The smallest absolute Gasteiger partial charge is 0.232 e. The molecule has 1 amide bonds. The molecule has 1 rings (SSSR count). The summed E-state index contributed by atoms with van der Waals surface area (Å²) in [6.45, 7) is 2.92. The van der Waals surface area contributed by atoms with Crippen molar-refractivity contribution in [1.29, 1.82) is 0 Å². The molecule has 0 N–H and O–H groups in total. The van der Waals surface area contributed by atoms with Gasteiger partial charge in [0.05, 0.1) is 11.9 Å². The molecule has 1 fully saturated rings. The zero-order valence-electron chi connectivity index (χ0n) is 8.45. The van der Waals surface area contributed by atoms with Crippen LogP contribution in [0.3, 0.4) is 0 Å². The summed E-state index contributed by atoms with van der Waals surface area (Å²) in [6, 6.07) is 0. The maximum Gasteiger partial charge on any atom is 0.232 e. The van der Waals surface area contributed by atoms with Gasteiger partial charge in [-0.2, -0.15) is 0 Å². The van der Waals surface area contributed by atoms with Gasteiger partial charge in [-0.05, 0) is 13.3 Å². The molecule has 1 aliphatic rings. The quantitative estimate of drug-likeness (QED) is 0.685. The number of amides is 1. The average molecular weight is 203 g/mol. The summed E-state index contributed by atoms with van der Waals surface area (Å²) in [7, 11) is 3.58. The van der Waals surface area contributed by atoms with Gasteiger partial charge in [-0.3, -0.25) is 4.79 Å². The first-order valence-corrected chi connectivity index (χ1v) is 5.59. The second-order valence-corrected chi connectivity index (χ2v) is 4.73. The lowest BCUT2D eigenvalue weighted by atomic mass is 10.3. The Hall–Kier alpha value is -0.220. The SMILES string of the molecule is C[C@@H]1OCC[C@H]1SCC(=O)N(C)C. The fourth-order valence-corrected chi connectivity index (χ4v) is 2.47. The summed E-state index contributed by atoms with van der Waals surface area (Å²) in [6.07, 6.45) is 1.38. The van der Waals surface area contributed by atoms with Gasteiger partial charge in [-0.1, -0.05) is 0 Å². The largest absolute Gasteiger partial charge is 0.377 e. The van der Waals surface area contributed by atoms with E-state index < -0.39 is 0 Å². The first-order chi connectivity index (χ1) is 6.11. The maximum absolute atomic E-state index is 11.3. The Balaban J connectivity index is 2.22. The van der Waals surface area contributed by atoms with E-state index in [1.165, 1.54) is 0 Å². The van der Waals surface area contributed by atoms with Crippen molar-refractivity contribution in [3.05, 3.63) is 0 Å². The molecule has 1 aliphatic heterocycles. The molecule has 0 aliphatic carbocycles. The number of carbonyl (C=O) groups is 1. The van der Waals surface area contributed by atoms with Crippen LogP contribution >= 0.6 is 11.8 Å². The standard InChI is InChI=1S/C9H17NO2S/c1-7-8(4-5-12-7)13-6-9(11)10(2)3/h7-8H,4-6H2,1-3H3/t7-,8+/m0/s1. The Morgan fingerprint density at radius 1 is 1.62 bits per heavy atom. The molecule has 3 nitrogen and oxygen atoms in total. The third-order valence-corrected chi connectivity index (χ3v) is 3.69. The average Bonchev–Trinajstić information content (AvgIpc) is 2.47. The molecular weight excluding hydrogens is 186 g/mol. The third-order valence-electron chi connectivity index (χ3n) is 2.23. The molecule has 0 unspecified atom stereocenters. The number of rotatable bonds is 3. The zero-order valence-corrected chi connectivity index (χ0v) is 9.26. The topological polar surface area (TPSA) is 29.5 Å². The summed E-state index contributed by atoms with van der Waals surface area (Å²) >= 11 is 1.71. The summed E-state index contributed by atoms with van der Waals surface area (Å²) in [5, 5.41) is 0.504. The molecule has 0 bridgehead atoms. The van der Waals surface area contributed by atoms with Gasteiger partial charge in [0.15, 0.2) is 0 Å². The van der Waals surface area contributed by atoms with Gasteiger partial charge >= 0.3 is 0 Å². The van der Waals surface area contributed by atoms with Crippen molar-refractivity contribution in [2.45, 2.75) is 24.7 Å². The van der Waals surface area contributed by atoms with E-state index in [1.54, 1.807) is 30.8 Å². The van der Waals surface area contributed by atoms with E-state index in [0.29, 0.717) is 17.1 Å². The Morgan fingerprint density at radius 2 is 2.31 bits per heavy atom. The van der Waals surface area contributed by atoms with Gasteiger partial charge in [-0.15, -0.1) is 11.8 Å². The molecule has 76 valence electrons. The number of hydrogen-bond donors (Lipinski definition) is 0. The van der Waals surface area contributed by atoms with Gasteiger partial charge in [-0.25, -0.2) is 0 Å². The lowest BCUT2D eigenvalue weighted by Gasteiger charge is -2.15. The molecule has 1 heterocycles. The molecule has 1 saturated heterocycles. The Kier molecular flexibility index (Phi) is 4.06. The lowest BCUT2D eigenvalue weighted by Crippen LogP contribution is -2.25. The Morgan fingerprint density at radius 3 is 2.77 bits per heavy atom. The van der Waals surface area contributed by atoms with Crippen LogP contribution in [0.15, 0.2) is 0 Å². The minimum absolute atomic E-state index is 0.184. The van der Waals surface area contributed by atoms with E-state index >= 15 is 0 Å². The van der Waals surface area contributed by atoms with Gasteiger partial charge < -0.3 is 9.64 Å². The molecule has 0 radical (unpaired) electrons. The van der Waals surface area contributed by atoms with Crippen molar-refractivity contribution in [2.24, 2.45) is 0 Å². The number of thioether (sulfide) groups is 1. The highest BCUT2D eigenvalue weighted by Crippen LogP contribution is 2.26. The first kappa shape index (κ1) is 10.9. The minimum atomic E-state index is 0.184. The molecule has 2 atom stereocenters. The summed E-state index contributed by atoms with van der Waals surface area (Å²) in [4.78, 5) is 12.9. The van der Waals surface area contributed by atoms with Crippen LogP contribution in [-0.2, 0) is 9.53 Å². The van der Waals surface area contributed by atoms with Gasteiger partial charge in [0.1, 0.15) is 0 Å². The predicted octanol–water partition coefficient (Wildman–Crippen LogP) is 0.985. The number of nitrogens with zero attached hydrogens (tertiary/aromatic N) is 1. The minimum Gasteiger partial charge on any atom is -0.377 e. The van der Waals surface area contributed by atoms with E-state index in [-0.39, 0.29) is 5.91 Å². The number of ether oxygens (including phenoxy) is 1. The van der Waals surface area contributed by atoms with Crippen molar-refractivity contribution >= 4 is 17.7 Å². The number of carbonyl (C=O) groups excluding carboxylic acids is 1. The van der Waals surface area contributed by atoms with E-state index in [1.807, 2.05) is 0 Å². The van der Waals surface area contributed by atoms with Crippen LogP contribution in [0.2, 0.25) is 0 Å². The molecule has 0 spiro atoms. The van der Waals surface area contributed by atoms with E-state index in [9.17, 15) is 4.79 Å². The molecule has 0 saturated carbocycles. The van der Waals surface area contributed by atoms with Crippen LogP contribution in [0.4, 0.5) is 0 Å². The molecular formula is C9H17NO2S. The lowest BCUT2D eigenvalue weighted by molar-refractivity contribution is -0.125. The second kappa shape index (κ2) is 4.86. The third kappa shape index (κ3) is 3.19. The molecule has 0 aromatic carbocycles. The fraction of sp³-hybridized carbons (Fsp3) is 0.889. The zero-order chi connectivity index (χ0) is 9.84. The van der Waals surface area contributed by atoms with Crippen molar-refractivity contribution < 1.29 is 9.53 Å². The summed E-state index contributed by atoms with van der Waals surface area (Å²) in [5.41, 5.74) is 0. The number of hydrogen-bond acceptors (Lipinski definition) is 3. The van der Waals surface area contributed by atoms with Gasteiger partial charge in [0.25, 0.3) is 0 Å². The summed E-state index contributed by atoms with van der Waals surface area (Å²) in [5.74, 6) is 0.759. The summed E-state index contributed by atoms with van der Waals surface area (Å²) < 4.78 is 5.41. The highest BCUT2D eigenvalue weighted by Gasteiger charge is 2.25. The van der Waals surface area contributed by atoms with Crippen molar-refractivity contribution in [2.75, 3.05) is 26.5 Å². The van der Waals surface area contributed by atoms with Crippen LogP contribution in [-0.4, -0.2) is 48.6 Å². The van der Waals surface area contributed by atoms with Gasteiger partial charge in [0, 0.05) is 26.0 Å². The maximum atomic E-state index is 11.3. The second-order valence-electron chi connectivity index (χ2n) is 3.50. The Bertz CT molecular complexity index is 184. The van der Waals surface area contributed by atoms with E-state index in [2.05, 4.69) is 6.92 Å². The first-order valence-electron chi connectivity index (χ1n) is 4.54. The van der Waals surface area contributed by atoms with Crippen molar-refractivity contribution in [3.63, 3.8) is 0 Å². The fourth-order valence-electron chi connectivity index (χ4n) is 1.24. The monoisotopic (exact) mass is 203 g/mol. The normalized spacial score (nSPS) is 27.6.